The first-order valence-electron chi connectivity index (χ1n) is 3.03. The van der Waals surface area contributed by atoms with Crippen LogP contribution in [0.1, 0.15) is 13.0 Å². The van der Waals surface area contributed by atoms with E-state index in [1.807, 2.05) is 0 Å². The van der Waals surface area contributed by atoms with Crippen molar-refractivity contribution in [3.05, 3.63) is 29.8 Å². The Labute approximate surface area is 101 Å². The first kappa shape index (κ1) is 15.6. The largest absolute Gasteiger partial charge is 1.00 e. The molecule has 0 saturated carbocycles. The van der Waals surface area contributed by atoms with Crippen molar-refractivity contribution in [3.8, 4) is 0 Å². The third-order valence-corrected chi connectivity index (χ3v) is 2.11. The van der Waals surface area contributed by atoms with E-state index in [0.29, 0.717) is 0 Å². The van der Waals surface area contributed by atoms with Gasteiger partial charge in [-0.05, 0) is 24.6 Å². The molecule has 5 heteroatoms. The Kier molecular flexibility index (Phi) is 6.93. The molecule has 0 aliphatic carbocycles. The predicted octanol–water partition coefficient (Wildman–Crippen LogP) is -1.46. The Hall–Kier alpha value is 0.130. The van der Waals surface area contributed by atoms with Crippen molar-refractivity contribution in [2.75, 3.05) is 0 Å². The molecule has 0 amide bonds. The molecule has 13 heavy (non-hydrogen) atoms. The van der Waals surface area contributed by atoms with E-state index in [1.165, 1.54) is 12.1 Å². The second-order valence-electron chi connectivity index (χ2n) is 2.27. The zero-order valence-corrected chi connectivity index (χ0v) is 9.76. The van der Waals surface area contributed by atoms with Crippen molar-refractivity contribution >= 4 is 10.1 Å². The summed E-state index contributed by atoms with van der Waals surface area (Å²) in [4.78, 5) is -0.169. The normalized spacial score (nSPS) is 9.69. The summed E-state index contributed by atoms with van der Waals surface area (Å²) in [7, 11) is -4.28. The van der Waals surface area contributed by atoms with Crippen molar-refractivity contribution in [2.24, 2.45) is 0 Å². The van der Waals surface area contributed by atoms with Crippen LogP contribution in [0.5, 0.6) is 0 Å². The number of rotatable bonds is 1. The van der Waals surface area contributed by atoms with Gasteiger partial charge in [0.05, 0.1) is 4.90 Å². The fraction of sp³-hybridized carbons (Fsp3) is 0.250. The molecule has 1 aromatic rings. The molecule has 0 radical (unpaired) electrons. The summed E-state index contributed by atoms with van der Waals surface area (Å²) in [5, 5.41) is 0. The summed E-state index contributed by atoms with van der Waals surface area (Å²) >= 11 is 0. The van der Waals surface area contributed by atoms with Crippen LogP contribution in [0.25, 0.3) is 0 Å². The maximum atomic E-state index is 10.4. The second kappa shape index (κ2) is 5.78. The zero-order chi connectivity index (χ0) is 8.48. The summed E-state index contributed by atoms with van der Waals surface area (Å²) in [6, 6.07) is 5.91. The Bertz CT molecular complexity index is 359. The standard InChI is InChI=1S/C7H8O3S.CH4.Na/c1-6-3-2-4-7(5-6)11(8,9)10;;/h2-5H,1H3,(H,8,9,10);1H4;/q;;+1/p-1. The first-order chi connectivity index (χ1) is 5.00. The van der Waals surface area contributed by atoms with Crippen LogP contribution in [0.2, 0.25) is 0 Å². The van der Waals surface area contributed by atoms with E-state index in [-0.39, 0.29) is 41.9 Å². The Morgan fingerprint density at radius 1 is 1.31 bits per heavy atom. The van der Waals surface area contributed by atoms with Gasteiger partial charge in [-0.1, -0.05) is 19.6 Å². The molecule has 0 spiro atoms. The van der Waals surface area contributed by atoms with Gasteiger partial charge in [0.1, 0.15) is 10.1 Å². The maximum absolute atomic E-state index is 10.4. The summed E-state index contributed by atoms with van der Waals surface area (Å²) in [5.74, 6) is 0. The van der Waals surface area contributed by atoms with Crippen LogP contribution in [-0.4, -0.2) is 13.0 Å². The molecule has 1 aromatic carbocycles. The fourth-order valence-corrected chi connectivity index (χ4v) is 1.35. The summed E-state index contributed by atoms with van der Waals surface area (Å²) in [5.41, 5.74) is 0.766. The molecule has 0 heterocycles. The summed E-state index contributed by atoms with van der Waals surface area (Å²) < 4.78 is 31.3. The first-order valence-corrected chi connectivity index (χ1v) is 4.43. The quantitative estimate of drug-likeness (QED) is 0.420. The number of benzene rings is 1. The molecule has 1 rings (SSSR count). The second-order valence-corrected chi connectivity index (χ2v) is 3.65. The molecule has 0 atom stereocenters. The number of hydrogen-bond donors (Lipinski definition) is 0. The molecular formula is C8H11NaO3S. The Morgan fingerprint density at radius 3 is 2.15 bits per heavy atom. The van der Waals surface area contributed by atoms with Crippen LogP contribution in [0.3, 0.4) is 0 Å². The van der Waals surface area contributed by atoms with E-state index in [4.69, 9.17) is 0 Å². The third-order valence-electron chi connectivity index (χ3n) is 1.28. The van der Waals surface area contributed by atoms with Gasteiger partial charge in [0.15, 0.2) is 0 Å². The Morgan fingerprint density at radius 2 is 1.85 bits per heavy atom. The van der Waals surface area contributed by atoms with E-state index in [1.54, 1.807) is 19.1 Å². The average Bonchev–Trinajstić information content (AvgIpc) is 1.86. The molecule has 0 saturated heterocycles. The van der Waals surface area contributed by atoms with E-state index >= 15 is 0 Å². The zero-order valence-electron chi connectivity index (χ0n) is 6.94. The van der Waals surface area contributed by atoms with Crippen molar-refractivity contribution in [1.29, 1.82) is 0 Å². The minimum absolute atomic E-state index is 0. The van der Waals surface area contributed by atoms with Gasteiger partial charge in [0, 0.05) is 0 Å². The predicted molar refractivity (Wildman–Crippen MR) is 45.9 cm³/mol. The van der Waals surface area contributed by atoms with Crippen LogP contribution >= 0.6 is 0 Å². The average molecular weight is 210 g/mol. The Balaban J connectivity index is 0. The van der Waals surface area contributed by atoms with E-state index in [9.17, 15) is 13.0 Å². The van der Waals surface area contributed by atoms with Gasteiger partial charge in [-0.15, -0.1) is 0 Å². The maximum Gasteiger partial charge on any atom is 1.00 e. The van der Waals surface area contributed by atoms with Crippen molar-refractivity contribution in [2.45, 2.75) is 19.2 Å². The van der Waals surface area contributed by atoms with Crippen LogP contribution in [-0.2, 0) is 10.1 Å². The molecule has 68 valence electrons. The molecular weight excluding hydrogens is 199 g/mol. The van der Waals surface area contributed by atoms with Gasteiger partial charge < -0.3 is 4.55 Å². The monoisotopic (exact) mass is 210 g/mol. The molecule has 3 nitrogen and oxygen atoms in total. The van der Waals surface area contributed by atoms with Crippen LogP contribution in [0.15, 0.2) is 29.2 Å². The van der Waals surface area contributed by atoms with Gasteiger partial charge in [-0.25, -0.2) is 8.42 Å². The smallest absolute Gasteiger partial charge is 0.744 e. The van der Waals surface area contributed by atoms with Crippen LogP contribution < -0.4 is 29.6 Å². The number of aryl methyl sites for hydroxylation is 1. The van der Waals surface area contributed by atoms with Crippen LogP contribution in [0.4, 0.5) is 0 Å². The molecule has 0 aliphatic rings. The van der Waals surface area contributed by atoms with Gasteiger partial charge in [-0.2, -0.15) is 0 Å². The molecule has 0 fully saturated rings. The minimum atomic E-state index is -4.28. The van der Waals surface area contributed by atoms with Gasteiger partial charge in [-0.3, -0.25) is 0 Å². The van der Waals surface area contributed by atoms with Crippen molar-refractivity contribution in [1.82, 2.24) is 0 Å². The molecule has 0 unspecified atom stereocenters. The van der Waals surface area contributed by atoms with Crippen molar-refractivity contribution in [3.63, 3.8) is 0 Å². The molecule has 0 aliphatic heterocycles. The topological polar surface area (TPSA) is 57.2 Å². The summed E-state index contributed by atoms with van der Waals surface area (Å²) in [6.45, 7) is 1.73. The van der Waals surface area contributed by atoms with E-state index in [2.05, 4.69) is 0 Å². The molecule has 0 bridgehead atoms. The minimum Gasteiger partial charge on any atom is -0.744 e. The number of hydrogen-bond acceptors (Lipinski definition) is 3. The van der Waals surface area contributed by atoms with Crippen molar-refractivity contribution < 1.29 is 42.5 Å². The third kappa shape index (κ3) is 4.78. The molecule has 0 N–H and O–H groups in total. The van der Waals surface area contributed by atoms with E-state index in [0.717, 1.165) is 5.56 Å². The summed E-state index contributed by atoms with van der Waals surface area (Å²) in [6.07, 6.45) is 0. The molecule has 0 aromatic heterocycles. The van der Waals surface area contributed by atoms with Gasteiger partial charge >= 0.3 is 29.6 Å². The fourth-order valence-electron chi connectivity index (χ4n) is 0.771. The van der Waals surface area contributed by atoms with Crippen LogP contribution in [0, 0.1) is 6.92 Å². The van der Waals surface area contributed by atoms with Gasteiger partial charge in [0.25, 0.3) is 0 Å². The SMILES string of the molecule is C.Cc1cccc(S(=O)(=O)[O-])c1.[Na+]. The van der Waals surface area contributed by atoms with Gasteiger partial charge in [0.2, 0.25) is 0 Å². The van der Waals surface area contributed by atoms with E-state index < -0.39 is 10.1 Å².